The van der Waals surface area contributed by atoms with Crippen LogP contribution in [0.25, 0.3) is 21.8 Å². The average molecular weight is 504 g/mol. The van der Waals surface area contributed by atoms with Gasteiger partial charge in [-0.25, -0.2) is 9.97 Å². The number of hydrogen-bond donors (Lipinski definition) is 0. The molecule has 35 heavy (non-hydrogen) atoms. The molecule has 0 spiro atoms. The van der Waals surface area contributed by atoms with Crippen molar-refractivity contribution in [1.29, 1.82) is 0 Å². The van der Waals surface area contributed by atoms with Gasteiger partial charge in [-0.15, -0.1) is 11.3 Å². The van der Waals surface area contributed by atoms with Gasteiger partial charge in [0.25, 0.3) is 0 Å². The lowest BCUT2D eigenvalue weighted by Gasteiger charge is -2.23. The Hall–Kier alpha value is -3.19. The van der Waals surface area contributed by atoms with Gasteiger partial charge in [-0.1, -0.05) is 29.3 Å². The van der Waals surface area contributed by atoms with Crippen LogP contribution in [0, 0.1) is 6.92 Å². The van der Waals surface area contributed by atoms with Crippen LogP contribution in [-0.2, 0) is 19.6 Å². The Balaban J connectivity index is 1.52. The maximum atomic E-state index is 6.66. The molecule has 0 radical (unpaired) electrons. The van der Waals surface area contributed by atoms with E-state index in [4.69, 9.17) is 26.1 Å². The highest BCUT2D eigenvalue weighted by Crippen LogP contribution is 2.29. The fraction of sp³-hybridized carbons (Fsp3) is 0.214. The molecule has 5 nitrogen and oxygen atoms in total. The fourth-order valence-electron chi connectivity index (χ4n) is 4.30. The Labute approximate surface area is 213 Å². The van der Waals surface area contributed by atoms with E-state index in [1.807, 2.05) is 24.3 Å². The molecule has 0 unspecified atom stereocenters. The van der Waals surface area contributed by atoms with E-state index in [2.05, 4.69) is 58.6 Å². The molecular weight excluding hydrogens is 478 g/mol. The lowest BCUT2D eigenvalue weighted by molar-refractivity contribution is 0.245. The van der Waals surface area contributed by atoms with Gasteiger partial charge in [0, 0.05) is 46.4 Å². The molecule has 2 aromatic carbocycles. The Morgan fingerprint density at radius 3 is 2.34 bits per heavy atom. The zero-order chi connectivity index (χ0) is 24.4. The third-order valence-corrected chi connectivity index (χ3v) is 7.19. The first-order chi connectivity index (χ1) is 17.0. The minimum Gasteiger partial charge on any atom is -0.497 e. The minimum absolute atomic E-state index is 0.512. The summed E-state index contributed by atoms with van der Waals surface area (Å²) in [6.07, 6.45) is 0. The maximum Gasteiger partial charge on any atom is 0.218 e. The van der Waals surface area contributed by atoms with Crippen molar-refractivity contribution in [3.05, 3.63) is 92.8 Å². The molecular formula is C28H26ClN3O2S. The third-order valence-electron chi connectivity index (χ3n) is 6.00. The summed E-state index contributed by atoms with van der Waals surface area (Å²) in [7, 11) is 3.34. The number of fused-ring (bicyclic) bond motifs is 2. The number of nitrogens with zero attached hydrogens (tertiary/aromatic N) is 3. The van der Waals surface area contributed by atoms with E-state index < -0.39 is 0 Å². The first-order valence-corrected chi connectivity index (χ1v) is 12.6. The number of halogens is 1. The number of ether oxygens (including phenoxy) is 2. The first kappa shape index (κ1) is 23.5. The van der Waals surface area contributed by atoms with Crippen LogP contribution in [0.1, 0.15) is 21.6 Å². The molecule has 0 atom stereocenters. The van der Waals surface area contributed by atoms with Crippen molar-refractivity contribution < 1.29 is 9.47 Å². The van der Waals surface area contributed by atoms with Gasteiger partial charge in [0.15, 0.2) is 0 Å². The fourth-order valence-corrected chi connectivity index (χ4v) is 5.25. The van der Waals surface area contributed by atoms with Crippen molar-refractivity contribution >= 4 is 44.7 Å². The van der Waals surface area contributed by atoms with E-state index in [9.17, 15) is 0 Å². The number of methoxy groups -OCH3 is 2. The number of aryl methyl sites for hydroxylation is 1. The predicted molar refractivity (Wildman–Crippen MR) is 144 cm³/mol. The van der Waals surface area contributed by atoms with Crippen LogP contribution in [0.2, 0.25) is 5.15 Å². The summed E-state index contributed by atoms with van der Waals surface area (Å²) in [5.74, 6) is 1.44. The Morgan fingerprint density at radius 2 is 1.57 bits per heavy atom. The van der Waals surface area contributed by atoms with Crippen molar-refractivity contribution in [3.8, 4) is 11.6 Å². The highest BCUT2D eigenvalue weighted by Gasteiger charge is 2.17. The van der Waals surface area contributed by atoms with E-state index in [1.165, 1.54) is 10.4 Å². The largest absolute Gasteiger partial charge is 0.497 e. The summed E-state index contributed by atoms with van der Waals surface area (Å²) >= 11 is 8.40. The molecule has 0 bridgehead atoms. The third kappa shape index (κ3) is 5.25. The van der Waals surface area contributed by atoms with Gasteiger partial charge in [0.1, 0.15) is 10.9 Å². The van der Waals surface area contributed by atoms with Gasteiger partial charge in [0.2, 0.25) is 5.88 Å². The predicted octanol–water partition coefficient (Wildman–Crippen LogP) is 7.03. The summed E-state index contributed by atoms with van der Waals surface area (Å²) < 4.78 is 11.1. The quantitative estimate of drug-likeness (QED) is 0.213. The lowest BCUT2D eigenvalue weighted by Crippen LogP contribution is -2.23. The number of aromatic nitrogens is 2. The smallest absolute Gasteiger partial charge is 0.218 e. The highest BCUT2D eigenvalue weighted by atomic mass is 35.5. The second-order valence-corrected chi connectivity index (χ2v) is 9.96. The number of rotatable bonds is 8. The molecule has 0 N–H and O–H groups in total. The zero-order valence-corrected chi connectivity index (χ0v) is 21.5. The monoisotopic (exact) mass is 503 g/mol. The van der Waals surface area contributed by atoms with Crippen LogP contribution in [-0.4, -0.2) is 29.1 Å². The molecule has 0 aliphatic heterocycles. The number of hydrogen-bond acceptors (Lipinski definition) is 6. The summed E-state index contributed by atoms with van der Waals surface area (Å²) in [5.41, 5.74) is 4.98. The van der Waals surface area contributed by atoms with E-state index in [0.717, 1.165) is 45.2 Å². The van der Waals surface area contributed by atoms with Gasteiger partial charge in [-0.3, -0.25) is 4.90 Å². The molecule has 0 aliphatic rings. The van der Waals surface area contributed by atoms with Crippen molar-refractivity contribution in [2.45, 2.75) is 26.6 Å². The first-order valence-electron chi connectivity index (χ1n) is 11.3. The number of thiophene rings is 1. The van der Waals surface area contributed by atoms with Crippen LogP contribution in [0.3, 0.4) is 0 Å². The molecule has 178 valence electrons. The molecule has 0 saturated carbocycles. The Morgan fingerprint density at radius 1 is 0.829 bits per heavy atom. The number of benzene rings is 2. The SMILES string of the molecule is COc1ccc2nc(Cl)c(CN(Cc3cccs3)Cc3cc4cc(C)ccc4nc3OC)cc2c1. The van der Waals surface area contributed by atoms with E-state index >= 15 is 0 Å². The van der Waals surface area contributed by atoms with Gasteiger partial charge < -0.3 is 9.47 Å². The van der Waals surface area contributed by atoms with Crippen LogP contribution in [0.4, 0.5) is 0 Å². The zero-order valence-electron chi connectivity index (χ0n) is 19.9. The van der Waals surface area contributed by atoms with Crippen LogP contribution in [0.15, 0.2) is 66.0 Å². The second-order valence-electron chi connectivity index (χ2n) is 8.57. The molecule has 3 heterocycles. The highest BCUT2D eigenvalue weighted by molar-refractivity contribution is 7.09. The Bertz CT molecular complexity index is 1490. The lowest BCUT2D eigenvalue weighted by atomic mass is 10.1. The number of pyridine rings is 2. The summed E-state index contributed by atoms with van der Waals surface area (Å²) in [6, 6.07) is 20.6. The van der Waals surface area contributed by atoms with Crippen LogP contribution >= 0.6 is 22.9 Å². The molecule has 0 saturated heterocycles. The molecule has 0 amide bonds. The average Bonchev–Trinajstić information content (AvgIpc) is 3.36. The van der Waals surface area contributed by atoms with E-state index in [0.29, 0.717) is 24.1 Å². The maximum absolute atomic E-state index is 6.66. The topological polar surface area (TPSA) is 47.5 Å². The standard InChI is InChI=1S/C28H26ClN3O2S/c1-18-6-8-26-19(11-18)13-22(28(31-26)34-3)16-32(17-24-5-4-10-35-24)15-21-12-20-14-23(33-2)7-9-25(20)30-27(21)29/h4-14H,15-17H2,1-3H3. The minimum atomic E-state index is 0.512. The molecule has 3 aromatic heterocycles. The van der Waals surface area contributed by atoms with Crippen molar-refractivity contribution in [2.24, 2.45) is 0 Å². The summed E-state index contributed by atoms with van der Waals surface area (Å²) in [4.78, 5) is 13.0. The van der Waals surface area contributed by atoms with Crippen molar-refractivity contribution in [3.63, 3.8) is 0 Å². The molecule has 0 fully saturated rings. The van der Waals surface area contributed by atoms with Gasteiger partial charge in [0.05, 0.1) is 25.3 Å². The normalized spacial score (nSPS) is 11.5. The molecule has 5 rings (SSSR count). The van der Waals surface area contributed by atoms with Gasteiger partial charge >= 0.3 is 0 Å². The molecule has 5 aromatic rings. The van der Waals surface area contributed by atoms with Crippen molar-refractivity contribution in [1.82, 2.24) is 14.9 Å². The second kappa shape index (κ2) is 10.2. The Kier molecular flexibility index (Phi) is 6.86. The van der Waals surface area contributed by atoms with E-state index in [-0.39, 0.29) is 0 Å². The van der Waals surface area contributed by atoms with Gasteiger partial charge in [-0.05, 0) is 60.8 Å². The summed E-state index contributed by atoms with van der Waals surface area (Å²) in [6.45, 7) is 4.16. The van der Waals surface area contributed by atoms with Gasteiger partial charge in [-0.2, -0.15) is 0 Å². The van der Waals surface area contributed by atoms with E-state index in [1.54, 1.807) is 25.6 Å². The summed E-state index contributed by atoms with van der Waals surface area (Å²) in [5, 5.41) is 4.72. The molecule has 0 aliphatic carbocycles. The van der Waals surface area contributed by atoms with Crippen LogP contribution in [0.5, 0.6) is 11.6 Å². The van der Waals surface area contributed by atoms with Crippen LogP contribution < -0.4 is 9.47 Å². The molecule has 7 heteroatoms. The van der Waals surface area contributed by atoms with Crippen molar-refractivity contribution in [2.75, 3.05) is 14.2 Å².